The lowest BCUT2D eigenvalue weighted by Crippen LogP contribution is -2.33. The summed E-state index contributed by atoms with van der Waals surface area (Å²) in [5.74, 6) is 1.66. The summed E-state index contributed by atoms with van der Waals surface area (Å²) in [4.78, 5) is 0. The van der Waals surface area contributed by atoms with Gasteiger partial charge >= 0.3 is 9.28 Å². The third-order valence-electron chi connectivity index (χ3n) is 3.80. The number of rotatable bonds is 4. The molecule has 0 saturated heterocycles. The Hall–Kier alpha value is -0.123. The maximum atomic E-state index is 5.53. The molecule has 0 aromatic rings. The summed E-state index contributed by atoms with van der Waals surface area (Å²) in [5.41, 5.74) is 0. The molecule has 3 atom stereocenters. The van der Waals surface area contributed by atoms with Crippen molar-refractivity contribution in [1.82, 2.24) is 0 Å². The predicted molar refractivity (Wildman–Crippen MR) is 58.1 cm³/mol. The molecular formula is C11H19O2Si. The first kappa shape index (κ1) is 10.4. The highest BCUT2D eigenvalue weighted by atomic mass is 28.3. The Kier molecular flexibility index (Phi) is 2.82. The van der Waals surface area contributed by atoms with Crippen LogP contribution in [0.15, 0.2) is 12.2 Å². The molecule has 3 heteroatoms. The van der Waals surface area contributed by atoms with Gasteiger partial charge in [0.1, 0.15) is 0 Å². The molecule has 2 bridgehead atoms. The molecule has 2 aliphatic rings. The van der Waals surface area contributed by atoms with E-state index in [0.717, 1.165) is 11.8 Å². The Labute approximate surface area is 88.1 Å². The Morgan fingerprint density at radius 2 is 2.07 bits per heavy atom. The van der Waals surface area contributed by atoms with E-state index in [1.54, 1.807) is 14.2 Å². The van der Waals surface area contributed by atoms with Crippen LogP contribution in [0.1, 0.15) is 26.2 Å². The summed E-state index contributed by atoms with van der Waals surface area (Å²) in [5, 5.41) is 0.277. The molecule has 14 heavy (non-hydrogen) atoms. The van der Waals surface area contributed by atoms with Crippen molar-refractivity contribution in [2.45, 2.75) is 31.2 Å². The quantitative estimate of drug-likeness (QED) is 0.525. The first-order chi connectivity index (χ1) is 6.75. The van der Waals surface area contributed by atoms with Crippen LogP contribution in [0, 0.1) is 11.8 Å². The molecule has 0 aliphatic heterocycles. The van der Waals surface area contributed by atoms with E-state index >= 15 is 0 Å². The van der Waals surface area contributed by atoms with Gasteiger partial charge in [-0.25, -0.2) is 0 Å². The minimum absolute atomic E-state index is 0.277. The van der Waals surface area contributed by atoms with Gasteiger partial charge in [-0.1, -0.05) is 25.5 Å². The molecule has 0 amide bonds. The van der Waals surface area contributed by atoms with Gasteiger partial charge in [0.2, 0.25) is 0 Å². The van der Waals surface area contributed by atoms with E-state index in [1.165, 1.54) is 19.3 Å². The first-order valence-corrected chi connectivity index (χ1v) is 6.72. The second-order valence-corrected chi connectivity index (χ2v) is 6.84. The van der Waals surface area contributed by atoms with E-state index < -0.39 is 9.28 Å². The normalized spacial score (nSPS) is 40.0. The maximum absolute atomic E-state index is 5.53. The zero-order chi connectivity index (χ0) is 10.2. The van der Waals surface area contributed by atoms with Crippen molar-refractivity contribution < 1.29 is 8.85 Å². The van der Waals surface area contributed by atoms with Crippen LogP contribution in [0.5, 0.6) is 0 Å². The number of allylic oxidation sites excluding steroid dienone is 2. The van der Waals surface area contributed by atoms with Crippen molar-refractivity contribution in [2.24, 2.45) is 11.8 Å². The van der Waals surface area contributed by atoms with Crippen molar-refractivity contribution in [1.29, 1.82) is 0 Å². The smallest absolute Gasteiger partial charge is 0.395 e. The Bertz CT molecular complexity index is 237. The molecule has 1 saturated carbocycles. The number of hydrogen-bond donors (Lipinski definition) is 0. The first-order valence-electron chi connectivity index (χ1n) is 5.40. The van der Waals surface area contributed by atoms with Gasteiger partial charge in [-0.3, -0.25) is 0 Å². The molecule has 1 radical (unpaired) electrons. The van der Waals surface area contributed by atoms with Gasteiger partial charge in [-0.15, -0.1) is 0 Å². The zero-order valence-electron chi connectivity index (χ0n) is 9.25. The summed E-state index contributed by atoms with van der Waals surface area (Å²) in [6, 6.07) is 0. The van der Waals surface area contributed by atoms with E-state index in [0.29, 0.717) is 0 Å². The van der Waals surface area contributed by atoms with Crippen LogP contribution in [0.2, 0.25) is 5.04 Å². The molecule has 2 nitrogen and oxygen atoms in total. The van der Waals surface area contributed by atoms with Crippen LogP contribution >= 0.6 is 0 Å². The molecule has 0 aromatic heterocycles. The van der Waals surface area contributed by atoms with Crippen LogP contribution in [0.4, 0.5) is 0 Å². The minimum Gasteiger partial charge on any atom is -0.396 e. The fraction of sp³-hybridized carbons (Fsp3) is 0.818. The summed E-state index contributed by atoms with van der Waals surface area (Å²) < 4.78 is 11.1. The van der Waals surface area contributed by atoms with Gasteiger partial charge in [0.15, 0.2) is 0 Å². The molecule has 2 rings (SSSR count). The van der Waals surface area contributed by atoms with Crippen molar-refractivity contribution in [2.75, 3.05) is 14.2 Å². The molecular weight excluding hydrogens is 192 g/mol. The SMILES string of the molecule is CCC1CC2([Si](OC)OC)C=CC1C2. The number of hydrogen-bond acceptors (Lipinski definition) is 2. The second kappa shape index (κ2) is 3.80. The summed E-state index contributed by atoms with van der Waals surface area (Å²) in [6.45, 7) is 2.29. The van der Waals surface area contributed by atoms with E-state index in [9.17, 15) is 0 Å². The summed E-state index contributed by atoms with van der Waals surface area (Å²) >= 11 is 0. The van der Waals surface area contributed by atoms with E-state index in [2.05, 4.69) is 19.1 Å². The zero-order valence-corrected chi connectivity index (χ0v) is 10.2. The van der Waals surface area contributed by atoms with Crippen molar-refractivity contribution in [3.63, 3.8) is 0 Å². The predicted octanol–water partition coefficient (Wildman–Crippen LogP) is 2.51. The lowest BCUT2D eigenvalue weighted by Gasteiger charge is -2.29. The van der Waals surface area contributed by atoms with E-state index in [4.69, 9.17) is 8.85 Å². The van der Waals surface area contributed by atoms with Gasteiger partial charge in [0, 0.05) is 19.3 Å². The molecule has 1 fully saturated rings. The minimum atomic E-state index is -1.10. The second-order valence-electron chi connectivity index (χ2n) is 4.45. The third-order valence-corrected chi connectivity index (χ3v) is 5.93. The lowest BCUT2D eigenvalue weighted by atomic mass is 9.91. The highest BCUT2D eigenvalue weighted by Crippen LogP contribution is 2.60. The summed E-state index contributed by atoms with van der Waals surface area (Å²) in [7, 11) is 2.47. The van der Waals surface area contributed by atoms with E-state index in [-0.39, 0.29) is 5.04 Å². The van der Waals surface area contributed by atoms with Crippen molar-refractivity contribution >= 4 is 9.28 Å². The standard InChI is InChI=1S/C11H19O2Si/c1-4-9-7-11(14(12-2)13-3)6-5-10(9)8-11/h5-6,9-10H,4,7-8H2,1-3H3. The van der Waals surface area contributed by atoms with Crippen LogP contribution < -0.4 is 0 Å². The average molecular weight is 211 g/mol. The van der Waals surface area contributed by atoms with E-state index in [1.807, 2.05) is 0 Å². The Morgan fingerprint density at radius 1 is 1.36 bits per heavy atom. The average Bonchev–Trinajstić information content (AvgIpc) is 2.77. The van der Waals surface area contributed by atoms with Gasteiger partial charge in [-0.2, -0.15) is 0 Å². The fourth-order valence-electron chi connectivity index (χ4n) is 3.13. The molecule has 0 N–H and O–H groups in total. The van der Waals surface area contributed by atoms with Crippen LogP contribution in [0.3, 0.4) is 0 Å². The molecule has 0 aromatic carbocycles. The van der Waals surface area contributed by atoms with Crippen molar-refractivity contribution in [3.8, 4) is 0 Å². The van der Waals surface area contributed by atoms with Gasteiger partial charge < -0.3 is 8.85 Å². The fourth-order valence-corrected chi connectivity index (χ4v) is 5.17. The lowest BCUT2D eigenvalue weighted by molar-refractivity contribution is 0.249. The summed E-state index contributed by atoms with van der Waals surface area (Å²) in [6.07, 6.45) is 8.59. The van der Waals surface area contributed by atoms with Crippen LogP contribution in [-0.4, -0.2) is 23.5 Å². The topological polar surface area (TPSA) is 18.5 Å². The largest absolute Gasteiger partial charge is 0.396 e. The number of fused-ring (bicyclic) bond motifs is 2. The van der Waals surface area contributed by atoms with Gasteiger partial charge in [0.25, 0.3) is 0 Å². The monoisotopic (exact) mass is 211 g/mol. The van der Waals surface area contributed by atoms with Gasteiger partial charge in [-0.05, 0) is 24.7 Å². The maximum Gasteiger partial charge on any atom is 0.395 e. The highest BCUT2D eigenvalue weighted by molar-refractivity contribution is 6.49. The molecule has 3 unspecified atom stereocenters. The Balaban J connectivity index is 2.15. The van der Waals surface area contributed by atoms with Crippen molar-refractivity contribution in [3.05, 3.63) is 12.2 Å². The van der Waals surface area contributed by atoms with Gasteiger partial charge in [0.05, 0.1) is 0 Å². The molecule has 0 heterocycles. The molecule has 79 valence electrons. The molecule has 0 spiro atoms. The van der Waals surface area contributed by atoms with Crippen LogP contribution in [0.25, 0.3) is 0 Å². The third kappa shape index (κ3) is 1.38. The Morgan fingerprint density at radius 3 is 2.57 bits per heavy atom. The highest BCUT2D eigenvalue weighted by Gasteiger charge is 2.53. The van der Waals surface area contributed by atoms with Crippen LogP contribution in [-0.2, 0) is 8.85 Å². The molecule has 2 aliphatic carbocycles.